The summed E-state index contributed by atoms with van der Waals surface area (Å²) in [5.74, 6) is 1.73. The Morgan fingerprint density at radius 1 is 1.36 bits per heavy atom. The molecule has 4 nitrogen and oxygen atoms in total. The number of benzene rings is 1. The topological polar surface area (TPSA) is 52.9 Å². The van der Waals surface area contributed by atoms with Gasteiger partial charge in [0.05, 0.1) is 13.2 Å². The van der Waals surface area contributed by atoms with Gasteiger partial charge in [0, 0.05) is 19.1 Å². The second-order valence-electron chi connectivity index (χ2n) is 7.18. The lowest BCUT2D eigenvalue weighted by Crippen LogP contribution is -2.48. The van der Waals surface area contributed by atoms with Gasteiger partial charge in [-0.2, -0.15) is 0 Å². The summed E-state index contributed by atoms with van der Waals surface area (Å²) in [5.41, 5.74) is 2.40. The van der Waals surface area contributed by atoms with Gasteiger partial charge in [-0.3, -0.25) is 4.90 Å². The highest BCUT2D eigenvalue weighted by Gasteiger charge is 2.38. The zero-order chi connectivity index (χ0) is 15.9. The van der Waals surface area contributed by atoms with Crippen LogP contribution in [0.3, 0.4) is 0 Å². The highest BCUT2D eigenvalue weighted by Crippen LogP contribution is 2.43. The number of piperidine rings is 1. The van der Waals surface area contributed by atoms with Crippen molar-refractivity contribution >= 4 is 0 Å². The van der Waals surface area contributed by atoms with Gasteiger partial charge < -0.3 is 14.9 Å². The molecule has 0 aromatic heterocycles. The maximum absolute atomic E-state index is 10.6. The first-order chi connectivity index (χ1) is 10.5. The molecule has 2 heterocycles. The molecule has 0 bridgehead atoms. The zero-order valence-corrected chi connectivity index (χ0v) is 13.7. The van der Waals surface area contributed by atoms with Crippen molar-refractivity contribution in [1.29, 1.82) is 0 Å². The van der Waals surface area contributed by atoms with Gasteiger partial charge in [-0.25, -0.2) is 0 Å². The summed E-state index contributed by atoms with van der Waals surface area (Å²) in [6, 6.07) is 4.03. The van der Waals surface area contributed by atoms with Crippen molar-refractivity contribution in [3.63, 3.8) is 0 Å². The SMILES string of the molecule is COc1cc2c(cc1O)CCN1C[C@H](CC(C)C)[C@@H](O)C[C@@H]21. The summed E-state index contributed by atoms with van der Waals surface area (Å²) in [5, 5.41) is 20.5. The van der Waals surface area contributed by atoms with E-state index in [1.165, 1.54) is 11.1 Å². The Hall–Kier alpha value is -1.26. The Kier molecular flexibility index (Phi) is 4.33. The molecule has 22 heavy (non-hydrogen) atoms. The summed E-state index contributed by atoms with van der Waals surface area (Å²) >= 11 is 0. The van der Waals surface area contributed by atoms with Crippen LogP contribution in [-0.2, 0) is 6.42 Å². The van der Waals surface area contributed by atoms with Crippen LogP contribution in [0.15, 0.2) is 12.1 Å². The van der Waals surface area contributed by atoms with E-state index in [1.807, 2.05) is 12.1 Å². The quantitative estimate of drug-likeness (QED) is 0.901. The molecule has 122 valence electrons. The van der Waals surface area contributed by atoms with Crippen molar-refractivity contribution in [3.8, 4) is 11.5 Å². The van der Waals surface area contributed by atoms with E-state index in [1.54, 1.807) is 7.11 Å². The fraction of sp³-hybridized carbons (Fsp3) is 0.667. The van der Waals surface area contributed by atoms with Crippen LogP contribution in [0.1, 0.15) is 43.9 Å². The average molecular weight is 305 g/mol. The van der Waals surface area contributed by atoms with Crippen LogP contribution in [-0.4, -0.2) is 41.4 Å². The predicted octanol–water partition coefficient (Wildman–Crippen LogP) is 2.73. The molecule has 0 amide bonds. The van der Waals surface area contributed by atoms with Gasteiger partial charge >= 0.3 is 0 Å². The van der Waals surface area contributed by atoms with Crippen LogP contribution in [0.5, 0.6) is 11.5 Å². The second-order valence-corrected chi connectivity index (χ2v) is 7.18. The van der Waals surface area contributed by atoms with Gasteiger partial charge in [0.25, 0.3) is 0 Å². The van der Waals surface area contributed by atoms with Gasteiger partial charge in [0.1, 0.15) is 0 Å². The lowest BCUT2D eigenvalue weighted by molar-refractivity contribution is -0.0191. The monoisotopic (exact) mass is 305 g/mol. The number of rotatable bonds is 3. The van der Waals surface area contributed by atoms with E-state index in [0.29, 0.717) is 17.6 Å². The van der Waals surface area contributed by atoms with Crippen LogP contribution in [0.2, 0.25) is 0 Å². The molecular formula is C18H27NO3. The number of hydrogen-bond acceptors (Lipinski definition) is 4. The number of phenols is 1. The molecule has 1 aromatic carbocycles. The van der Waals surface area contributed by atoms with Crippen molar-refractivity contribution in [1.82, 2.24) is 4.90 Å². The Morgan fingerprint density at radius 3 is 2.82 bits per heavy atom. The molecule has 0 saturated carbocycles. The van der Waals surface area contributed by atoms with Crippen LogP contribution in [0.25, 0.3) is 0 Å². The van der Waals surface area contributed by atoms with Crippen LogP contribution < -0.4 is 4.74 Å². The van der Waals surface area contributed by atoms with Crippen LogP contribution in [0, 0.1) is 11.8 Å². The number of methoxy groups -OCH3 is 1. The number of phenolic OH excluding ortho intramolecular Hbond substituents is 1. The summed E-state index contributed by atoms with van der Waals surface area (Å²) in [4.78, 5) is 2.50. The number of nitrogens with zero attached hydrogens (tertiary/aromatic N) is 1. The summed E-state index contributed by atoms with van der Waals surface area (Å²) < 4.78 is 5.26. The molecule has 2 N–H and O–H groups in total. The first-order valence-electron chi connectivity index (χ1n) is 8.31. The van der Waals surface area contributed by atoms with Gasteiger partial charge in [-0.1, -0.05) is 13.8 Å². The molecule has 0 spiro atoms. The third-order valence-corrected chi connectivity index (χ3v) is 5.16. The van der Waals surface area contributed by atoms with Gasteiger partial charge in [0.2, 0.25) is 0 Å². The van der Waals surface area contributed by atoms with E-state index >= 15 is 0 Å². The molecule has 2 aliphatic heterocycles. The Bertz CT molecular complexity index is 543. The largest absolute Gasteiger partial charge is 0.504 e. The summed E-state index contributed by atoms with van der Waals surface area (Å²) in [6.07, 6.45) is 2.57. The minimum Gasteiger partial charge on any atom is -0.504 e. The normalized spacial score (nSPS) is 28.3. The maximum Gasteiger partial charge on any atom is 0.160 e. The fourth-order valence-electron chi connectivity index (χ4n) is 4.11. The number of aliphatic hydroxyl groups is 1. The van der Waals surface area contributed by atoms with Crippen molar-refractivity contribution in [2.45, 2.75) is 45.3 Å². The van der Waals surface area contributed by atoms with Crippen molar-refractivity contribution in [2.75, 3.05) is 20.2 Å². The molecule has 3 rings (SSSR count). The van der Waals surface area contributed by atoms with E-state index in [0.717, 1.165) is 32.4 Å². The van der Waals surface area contributed by atoms with E-state index in [-0.39, 0.29) is 17.9 Å². The van der Waals surface area contributed by atoms with Crippen molar-refractivity contribution in [2.24, 2.45) is 11.8 Å². The summed E-state index contributed by atoms with van der Waals surface area (Å²) in [6.45, 7) is 6.41. The maximum atomic E-state index is 10.6. The van der Waals surface area contributed by atoms with Crippen molar-refractivity contribution in [3.05, 3.63) is 23.3 Å². The molecule has 1 aromatic rings. The fourth-order valence-corrected chi connectivity index (χ4v) is 4.11. The third kappa shape index (κ3) is 2.82. The van der Waals surface area contributed by atoms with E-state index in [2.05, 4.69) is 18.7 Å². The highest BCUT2D eigenvalue weighted by atomic mass is 16.5. The van der Waals surface area contributed by atoms with Gasteiger partial charge in [0.15, 0.2) is 11.5 Å². The van der Waals surface area contributed by atoms with Crippen molar-refractivity contribution < 1.29 is 14.9 Å². The first kappa shape index (κ1) is 15.6. The van der Waals surface area contributed by atoms with E-state index in [4.69, 9.17) is 4.74 Å². The molecule has 4 heteroatoms. The highest BCUT2D eigenvalue weighted by molar-refractivity contribution is 5.48. The molecule has 2 aliphatic rings. The molecule has 0 aliphatic carbocycles. The zero-order valence-electron chi connectivity index (χ0n) is 13.7. The van der Waals surface area contributed by atoms with E-state index < -0.39 is 0 Å². The van der Waals surface area contributed by atoms with Gasteiger partial charge in [-0.15, -0.1) is 0 Å². The minimum atomic E-state index is -0.241. The van der Waals surface area contributed by atoms with E-state index in [9.17, 15) is 10.2 Å². The Morgan fingerprint density at radius 2 is 2.14 bits per heavy atom. The van der Waals surface area contributed by atoms with Gasteiger partial charge in [-0.05, 0) is 54.4 Å². The predicted molar refractivity (Wildman–Crippen MR) is 86.2 cm³/mol. The molecule has 0 unspecified atom stereocenters. The number of hydrogen-bond donors (Lipinski definition) is 2. The number of fused-ring (bicyclic) bond motifs is 3. The number of ether oxygens (including phenoxy) is 1. The van der Waals surface area contributed by atoms with Crippen LogP contribution >= 0.6 is 0 Å². The number of aromatic hydroxyl groups is 1. The molecule has 0 radical (unpaired) electrons. The summed E-state index contributed by atoms with van der Waals surface area (Å²) in [7, 11) is 1.58. The molecule has 3 atom stereocenters. The molecule has 1 saturated heterocycles. The smallest absolute Gasteiger partial charge is 0.160 e. The second kappa shape index (κ2) is 6.09. The minimum absolute atomic E-state index is 0.212. The Balaban J connectivity index is 1.86. The standard InChI is InChI=1S/C18H27NO3/c1-11(2)6-13-10-19-5-4-12-7-17(21)18(22-3)8-14(12)15(19)9-16(13)20/h7-8,11,13,15-16,20-21H,4-6,9-10H2,1-3H3/t13-,15-,16-/m0/s1. The van der Waals surface area contributed by atoms with Crippen LogP contribution in [0.4, 0.5) is 0 Å². The first-order valence-corrected chi connectivity index (χ1v) is 8.31. The lowest BCUT2D eigenvalue weighted by atomic mass is 9.79. The molecule has 1 fully saturated rings. The number of aliphatic hydroxyl groups excluding tert-OH is 1. The average Bonchev–Trinajstić information content (AvgIpc) is 2.47. The lowest BCUT2D eigenvalue weighted by Gasteiger charge is -2.46. The molecular weight excluding hydrogens is 278 g/mol. The Labute approximate surface area is 132 Å². The third-order valence-electron chi connectivity index (χ3n) is 5.16.